The van der Waals surface area contributed by atoms with Crippen LogP contribution >= 0.6 is 0 Å². The number of likely N-dealkylation sites (tertiary alicyclic amines) is 1. The summed E-state index contributed by atoms with van der Waals surface area (Å²) < 4.78 is 0. The number of aliphatic carboxylic acids is 1. The van der Waals surface area contributed by atoms with Crippen LogP contribution in [0, 0.1) is 5.41 Å². The molecule has 0 bridgehead atoms. The molecular formula is C17H21NO3. The first-order valence-corrected chi connectivity index (χ1v) is 7.56. The first-order chi connectivity index (χ1) is 9.98. The minimum Gasteiger partial charge on any atom is -0.480 e. The lowest BCUT2D eigenvalue weighted by Crippen LogP contribution is -2.50. The van der Waals surface area contributed by atoms with Gasteiger partial charge in [-0.15, -0.1) is 0 Å². The van der Waals surface area contributed by atoms with Gasteiger partial charge in [-0.25, -0.2) is 0 Å². The van der Waals surface area contributed by atoms with Crippen LogP contribution in [0.3, 0.4) is 0 Å². The number of carbonyl (C=O) groups excluding carboxylic acids is 1. The third-order valence-corrected chi connectivity index (χ3v) is 5.02. The molecule has 112 valence electrons. The smallest absolute Gasteiger partial charge is 0.319 e. The highest BCUT2D eigenvalue weighted by Gasteiger charge is 2.59. The van der Waals surface area contributed by atoms with Crippen LogP contribution in [0.15, 0.2) is 30.3 Å². The van der Waals surface area contributed by atoms with Crippen LogP contribution in [0.2, 0.25) is 0 Å². The van der Waals surface area contributed by atoms with E-state index in [1.165, 1.54) is 5.56 Å². The Hall–Kier alpha value is -1.84. The molecule has 2 fully saturated rings. The van der Waals surface area contributed by atoms with Crippen molar-refractivity contribution in [2.24, 2.45) is 5.41 Å². The summed E-state index contributed by atoms with van der Waals surface area (Å²) >= 11 is 0. The second-order valence-corrected chi connectivity index (χ2v) is 6.64. The van der Waals surface area contributed by atoms with E-state index in [0.29, 0.717) is 25.9 Å². The van der Waals surface area contributed by atoms with E-state index in [4.69, 9.17) is 0 Å². The molecule has 1 aromatic rings. The Kier molecular flexibility index (Phi) is 3.27. The van der Waals surface area contributed by atoms with Gasteiger partial charge in [0.15, 0.2) is 0 Å². The summed E-state index contributed by atoms with van der Waals surface area (Å²) in [5.41, 5.74) is 0.0290. The van der Waals surface area contributed by atoms with Crippen molar-refractivity contribution in [1.29, 1.82) is 0 Å². The molecule has 2 aliphatic rings. The van der Waals surface area contributed by atoms with Gasteiger partial charge in [-0.1, -0.05) is 37.3 Å². The summed E-state index contributed by atoms with van der Waals surface area (Å²) in [4.78, 5) is 25.7. The fraction of sp³-hybridized carbons (Fsp3) is 0.529. The molecule has 4 nitrogen and oxygen atoms in total. The van der Waals surface area contributed by atoms with E-state index >= 15 is 0 Å². The molecule has 3 rings (SSSR count). The summed E-state index contributed by atoms with van der Waals surface area (Å²) in [5.74, 6) is -1.14. The Morgan fingerprint density at radius 3 is 2.38 bits per heavy atom. The molecule has 1 aliphatic carbocycles. The summed E-state index contributed by atoms with van der Waals surface area (Å²) in [6.07, 6.45) is 2.92. The van der Waals surface area contributed by atoms with Crippen LogP contribution < -0.4 is 0 Å². The number of carboxylic acid groups (broad SMARTS) is 1. The van der Waals surface area contributed by atoms with Gasteiger partial charge in [0, 0.05) is 18.5 Å². The first kappa shape index (κ1) is 14.1. The van der Waals surface area contributed by atoms with Crippen LogP contribution in [0.25, 0.3) is 0 Å². The average molecular weight is 287 g/mol. The van der Waals surface area contributed by atoms with Crippen molar-refractivity contribution < 1.29 is 14.7 Å². The van der Waals surface area contributed by atoms with Crippen molar-refractivity contribution in [3.63, 3.8) is 0 Å². The standard InChI is InChI=1S/C17H21NO3/c1-16(13-6-3-2-4-7-13)8-5-11-18(12-16)14(19)17(9-10-17)15(20)21/h2-4,6-7H,5,8-12H2,1H3,(H,20,21)/t16-/m0/s1. The monoisotopic (exact) mass is 287 g/mol. The van der Waals surface area contributed by atoms with Crippen LogP contribution in [0.1, 0.15) is 38.2 Å². The number of hydrogen-bond donors (Lipinski definition) is 1. The Balaban J connectivity index is 1.81. The fourth-order valence-corrected chi connectivity index (χ4v) is 3.44. The number of nitrogens with zero attached hydrogens (tertiary/aromatic N) is 1. The number of carboxylic acids is 1. The highest BCUT2D eigenvalue weighted by molar-refractivity contribution is 6.04. The van der Waals surface area contributed by atoms with Crippen LogP contribution in [0.4, 0.5) is 0 Å². The molecule has 1 saturated heterocycles. The minimum absolute atomic E-state index is 0.0796. The maximum Gasteiger partial charge on any atom is 0.319 e. The molecule has 1 aromatic carbocycles. The zero-order chi connectivity index (χ0) is 15.1. The van der Waals surface area contributed by atoms with Gasteiger partial charge in [0.05, 0.1) is 0 Å². The zero-order valence-corrected chi connectivity index (χ0v) is 12.3. The second kappa shape index (κ2) is 4.86. The SMILES string of the molecule is C[C@]1(c2ccccc2)CCCN(C(=O)C2(C(=O)O)CC2)C1. The Labute approximate surface area is 124 Å². The van der Waals surface area contributed by atoms with Crippen molar-refractivity contribution in [3.05, 3.63) is 35.9 Å². The van der Waals surface area contributed by atoms with Crippen molar-refractivity contribution in [2.75, 3.05) is 13.1 Å². The summed E-state index contributed by atoms with van der Waals surface area (Å²) in [6.45, 7) is 3.46. The van der Waals surface area contributed by atoms with E-state index in [-0.39, 0.29) is 11.3 Å². The average Bonchev–Trinajstić information content (AvgIpc) is 3.29. The van der Waals surface area contributed by atoms with Crippen molar-refractivity contribution in [2.45, 2.75) is 38.0 Å². The van der Waals surface area contributed by atoms with Crippen molar-refractivity contribution in [3.8, 4) is 0 Å². The Morgan fingerprint density at radius 1 is 1.14 bits per heavy atom. The molecule has 21 heavy (non-hydrogen) atoms. The molecule has 1 N–H and O–H groups in total. The van der Waals surface area contributed by atoms with Gasteiger partial charge in [-0.05, 0) is 31.2 Å². The van der Waals surface area contributed by atoms with E-state index in [9.17, 15) is 14.7 Å². The lowest BCUT2D eigenvalue weighted by molar-refractivity contribution is -0.154. The fourth-order valence-electron chi connectivity index (χ4n) is 3.44. The minimum atomic E-state index is -1.12. The maximum absolute atomic E-state index is 12.6. The molecule has 1 atom stereocenters. The van der Waals surface area contributed by atoms with E-state index in [1.54, 1.807) is 4.90 Å². The lowest BCUT2D eigenvalue weighted by Gasteiger charge is -2.41. The predicted octanol–water partition coefficient (Wildman–Crippen LogP) is 2.43. The van der Waals surface area contributed by atoms with E-state index in [0.717, 1.165) is 12.8 Å². The quantitative estimate of drug-likeness (QED) is 0.869. The van der Waals surface area contributed by atoms with Gasteiger partial charge < -0.3 is 10.0 Å². The Bertz CT molecular complexity index is 565. The molecular weight excluding hydrogens is 266 g/mol. The second-order valence-electron chi connectivity index (χ2n) is 6.64. The largest absolute Gasteiger partial charge is 0.480 e. The molecule has 0 radical (unpaired) electrons. The van der Waals surface area contributed by atoms with Gasteiger partial charge in [0.2, 0.25) is 5.91 Å². The van der Waals surface area contributed by atoms with Crippen molar-refractivity contribution in [1.82, 2.24) is 4.90 Å². The first-order valence-electron chi connectivity index (χ1n) is 7.56. The molecule has 1 aliphatic heterocycles. The summed E-state index contributed by atoms with van der Waals surface area (Å²) in [7, 11) is 0. The predicted molar refractivity (Wildman–Crippen MR) is 78.9 cm³/mol. The van der Waals surface area contributed by atoms with Gasteiger partial charge in [0.25, 0.3) is 0 Å². The number of hydrogen-bond acceptors (Lipinski definition) is 2. The topological polar surface area (TPSA) is 57.6 Å². The number of amides is 1. The van der Waals surface area contributed by atoms with Crippen LogP contribution in [-0.4, -0.2) is 35.0 Å². The molecule has 0 unspecified atom stereocenters. The van der Waals surface area contributed by atoms with Crippen LogP contribution in [0.5, 0.6) is 0 Å². The van der Waals surface area contributed by atoms with Gasteiger partial charge in [-0.2, -0.15) is 0 Å². The number of carbonyl (C=O) groups is 2. The van der Waals surface area contributed by atoms with Gasteiger partial charge >= 0.3 is 5.97 Å². The van der Waals surface area contributed by atoms with Gasteiger partial charge in [0.1, 0.15) is 5.41 Å². The normalized spacial score (nSPS) is 27.2. The van der Waals surface area contributed by atoms with E-state index in [2.05, 4.69) is 19.1 Å². The number of piperidine rings is 1. The highest BCUT2D eigenvalue weighted by Crippen LogP contribution is 2.48. The molecule has 1 amide bonds. The third kappa shape index (κ3) is 2.33. The highest BCUT2D eigenvalue weighted by atomic mass is 16.4. The van der Waals surface area contributed by atoms with Gasteiger partial charge in [-0.3, -0.25) is 9.59 Å². The third-order valence-electron chi connectivity index (χ3n) is 5.02. The van der Waals surface area contributed by atoms with Crippen LogP contribution in [-0.2, 0) is 15.0 Å². The van der Waals surface area contributed by atoms with E-state index in [1.807, 2.05) is 18.2 Å². The molecule has 0 spiro atoms. The molecule has 1 heterocycles. The number of rotatable bonds is 3. The summed E-state index contributed by atoms with van der Waals surface area (Å²) in [5, 5.41) is 9.30. The molecule has 0 aromatic heterocycles. The number of benzene rings is 1. The Morgan fingerprint density at radius 2 is 1.81 bits per heavy atom. The summed E-state index contributed by atoms with van der Waals surface area (Å²) in [6, 6.07) is 10.2. The molecule has 4 heteroatoms. The van der Waals surface area contributed by atoms with Crippen molar-refractivity contribution >= 4 is 11.9 Å². The maximum atomic E-state index is 12.6. The molecule has 1 saturated carbocycles. The zero-order valence-electron chi connectivity index (χ0n) is 12.3. The van der Waals surface area contributed by atoms with E-state index < -0.39 is 11.4 Å². The lowest BCUT2D eigenvalue weighted by atomic mass is 9.75.